The summed E-state index contributed by atoms with van der Waals surface area (Å²) in [7, 11) is -3.13. The topological polar surface area (TPSA) is 81.4 Å². The highest BCUT2D eigenvalue weighted by Crippen LogP contribution is 2.32. The summed E-state index contributed by atoms with van der Waals surface area (Å²) in [4.78, 5) is 15.1. The minimum absolute atomic E-state index is 0.188. The van der Waals surface area contributed by atoms with Gasteiger partial charge in [-0.25, -0.2) is 17.9 Å². The van der Waals surface area contributed by atoms with Gasteiger partial charge in [0, 0.05) is 6.20 Å². The largest absolute Gasteiger partial charge is 0.298 e. The fourth-order valence-electron chi connectivity index (χ4n) is 2.25. The Balaban J connectivity index is 2.17. The number of hydrogen-bond donors (Lipinski definition) is 0. The summed E-state index contributed by atoms with van der Waals surface area (Å²) in [6.07, 6.45) is 3.54. The molecule has 1 fully saturated rings. The van der Waals surface area contributed by atoms with Crippen molar-refractivity contribution in [3.05, 3.63) is 29.7 Å². The van der Waals surface area contributed by atoms with Crippen LogP contribution in [0.15, 0.2) is 18.3 Å². The molecule has 1 aliphatic heterocycles. The van der Waals surface area contributed by atoms with Gasteiger partial charge < -0.3 is 0 Å². The molecule has 18 heavy (non-hydrogen) atoms. The molecule has 0 bridgehead atoms. The molecular formula is C11H11N3O3S. The maximum atomic E-state index is 11.8. The van der Waals surface area contributed by atoms with E-state index in [1.165, 1.54) is 4.52 Å². The third-order valence-corrected chi connectivity index (χ3v) is 5.32. The first-order valence-electron chi connectivity index (χ1n) is 5.64. The molecule has 0 radical (unpaired) electrons. The van der Waals surface area contributed by atoms with Crippen molar-refractivity contribution in [3.63, 3.8) is 0 Å². The van der Waals surface area contributed by atoms with Gasteiger partial charge in [-0.2, -0.15) is 0 Å². The molecule has 3 heterocycles. The van der Waals surface area contributed by atoms with E-state index in [4.69, 9.17) is 0 Å². The molecule has 3 rings (SSSR count). The lowest BCUT2D eigenvalue weighted by Gasteiger charge is -2.02. The molecule has 94 valence electrons. The van der Waals surface area contributed by atoms with Gasteiger partial charge in [0.05, 0.1) is 11.3 Å². The van der Waals surface area contributed by atoms with E-state index in [0.717, 1.165) is 0 Å². The van der Waals surface area contributed by atoms with Crippen molar-refractivity contribution >= 4 is 21.8 Å². The molecule has 0 spiro atoms. The number of carbonyl (C=O) groups is 1. The maximum Gasteiger partial charge on any atom is 0.169 e. The molecular weight excluding hydrogens is 254 g/mol. The Morgan fingerprint density at radius 1 is 1.44 bits per heavy atom. The Kier molecular flexibility index (Phi) is 2.44. The SMILES string of the molecule is O=Cc1cccn2nc(C3CCCS3(=O)=O)nc12. The molecule has 6 nitrogen and oxygen atoms in total. The fraction of sp³-hybridized carbons (Fsp3) is 0.364. The van der Waals surface area contributed by atoms with Crippen LogP contribution in [0.4, 0.5) is 0 Å². The van der Waals surface area contributed by atoms with Gasteiger partial charge >= 0.3 is 0 Å². The average molecular weight is 265 g/mol. The van der Waals surface area contributed by atoms with E-state index in [2.05, 4.69) is 10.1 Å². The lowest BCUT2D eigenvalue weighted by molar-refractivity contribution is 0.112. The van der Waals surface area contributed by atoms with Crippen molar-refractivity contribution < 1.29 is 13.2 Å². The van der Waals surface area contributed by atoms with Crippen molar-refractivity contribution in [1.82, 2.24) is 14.6 Å². The van der Waals surface area contributed by atoms with Crippen LogP contribution in [0.1, 0.15) is 34.3 Å². The van der Waals surface area contributed by atoms with Gasteiger partial charge in [0.15, 0.2) is 27.6 Å². The van der Waals surface area contributed by atoms with Crippen LogP contribution in [-0.4, -0.2) is 35.1 Å². The van der Waals surface area contributed by atoms with Crippen LogP contribution in [0, 0.1) is 0 Å². The van der Waals surface area contributed by atoms with Crippen LogP contribution in [0.5, 0.6) is 0 Å². The molecule has 1 atom stereocenters. The Bertz CT molecular complexity index is 720. The predicted octanol–water partition coefficient (Wildman–Crippen LogP) is 0.791. The first-order chi connectivity index (χ1) is 8.62. The summed E-state index contributed by atoms with van der Waals surface area (Å²) >= 11 is 0. The van der Waals surface area contributed by atoms with Crippen LogP contribution >= 0.6 is 0 Å². The number of rotatable bonds is 2. The van der Waals surface area contributed by atoms with E-state index in [1.54, 1.807) is 18.3 Å². The summed E-state index contributed by atoms with van der Waals surface area (Å²) in [5.41, 5.74) is 0.816. The van der Waals surface area contributed by atoms with Gasteiger partial charge in [-0.1, -0.05) is 0 Å². The predicted molar refractivity (Wildman–Crippen MR) is 64.1 cm³/mol. The van der Waals surface area contributed by atoms with Gasteiger partial charge in [-0.15, -0.1) is 5.10 Å². The second-order valence-electron chi connectivity index (χ2n) is 4.32. The van der Waals surface area contributed by atoms with Gasteiger partial charge in [0.1, 0.15) is 5.25 Å². The van der Waals surface area contributed by atoms with E-state index in [1.807, 2.05) is 0 Å². The van der Waals surface area contributed by atoms with Gasteiger partial charge in [-0.05, 0) is 25.0 Å². The molecule has 0 N–H and O–H groups in total. The number of hydrogen-bond acceptors (Lipinski definition) is 5. The lowest BCUT2D eigenvalue weighted by Crippen LogP contribution is -2.09. The third-order valence-electron chi connectivity index (χ3n) is 3.15. The fourth-order valence-corrected chi connectivity index (χ4v) is 4.05. The molecule has 1 saturated heterocycles. The number of nitrogens with zero attached hydrogens (tertiary/aromatic N) is 3. The zero-order chi connectivity index (χ0) is 12.8. The Morgan fingerprint density at radius 3 is 2.94 bits per heavy atom. The van der Waals surface area contributed by atoms with Crippen molar-refractivity contribution in [2.45, 2.75) is 18.1 Å². The molecule has 0 aromatic carbocycles. The van der Waals surface area contributed by atoms with Crippen LogP contribution in [0.25, 0.3) is 5.65 Å². The van der Waals surface area contributed by atoms with Crippen molar-refractivity contribution in [1.29, 1.82) is 0 Å². The number of carbonyl (C=O) groups excluding carboxylic acids is 1. The normalized spacial score (nSPS) is 22.3. The third kappa shape index (κ3) is 1.62. The Labute approximate surface area is 104 Å². The molecule has 1 unspecified atom stereocenters. The quantitative estimate of drug-likeness (QED) is 0.750. The summed E-state index contributed by atoms with van der Waals surface area (Å²) in [6.45, 7) is 0. The zero-order valence-electron chi connectivity index (χ0n) is 9.48. The lowest BCUT2D eigenvalue weighted by atomic mass is 10.2. The van der Waals surface area contributed by atoms with Crippen LogP contribution in [0.2, 0.25) is 0 Å². The van der Waals surface area contributed by atoms with E-state index in [9.17, 15) is 13.2 Å². The highest BCUT2D eigenvalue weighted by molar-refractivity contribution is 7.91. The van der Waals surface area contributed by atoms with Crippen LogP contribution < -0.4 is 0 Å². The molecule has 0 amide bonds. The standard InChI is InChI=1S/C11H11N3O3S/c15-7-8-3-1-5-14-11(8)12-10(13-14)9-4-2-6-18(9,16)17/h1,3,5,7,9H,2,4,6H2. The van der Waals surface area contributed by atoms with E-state index in [-0.39, 0.29) is 5.75 Å². The average Bonchev–Trinajstić information content (AvgIpc) is 2.90. The molecule has 2 aromatic rings. The van der Waals surface area contributed by atoms with Gasteiger partial charge in [0.2, 0.25) is 0 Å². The summed E-state index contributed by atoms with van der Waals surface area (Å²) in [5.74, 6) is 0.482. The van der Waals surface area contributed by atoms with Crippen molar-refractivity contribution in [2.24, 2.45) is 0 Å². The number of aromatic nitrogens is 3. The Morgan fingerprint density at radius 2 is 2.28 bits per heavy atom. The number of aldehydes is 1. The first kappa shape index (κ1) is 11.3. The summed E-state index contributed by atoms with van der Waals surface area (Å²) in [5, 5.41) is 3.54. The van der Waals surface area contributed by atoms with E-state index < -0.39 is 15.1 Å². The first-order valence-corrected chi connectivity index (χ1v) is 7.35. The Hall–Kier alpha value is -1.76. The minimum atomic E-state index is -3.13. The van der Waals surface area contributed by atoms with E-state index in [0.29, 0.717) is 36.2 Å². The highest BCUT2D eigenvalue weighted by Gasteiger charge is 2.35. The smallest absolute Gasteiger partial charge is 0.169 e. The van der Waals surface area contributed by atoms with Crippen LogP contribution in [-0.2, 0) is 9.84 Å². The minimum Gasteiger partial charge on any atom is -0.298 e. The zero-order valence-corrected chi connectivity index (χ0v) is 10.3. The number of pyridine rings is 1. The van der Waals surface area contributed by atoms with Crippen molar-refractivity contribution in [2.75, 3.05) is 5.75 Å². The van der Waals surface area contributed by atoms with Gasteiger partial charge in [0.25, 0.3) is 0 Å². The highest BCUT2D eigenvalue weighted by atomic mass is 32.2. The van der Waals surface area contributed by atoms with Crippen molar-refractivity contribution in [3.8, 4) is 0 Å². The monoisotopic (exact) mass is 265 g/mol. The maximum absolute atomic E-state index is 11.8. The van der Waals surface area contributed by atoms with Crippen LogP contribution in [0.3, 0.4) is 0 Å². The summed E-state index contributed by atoms with van der Waals surface area (Å²) in [6, 6.07) is 3.31. The number of sulfone groups is 1. The van der Waals surface area contributed by atoms with Gasteiger partial charge in [-0.3, -0.25) is 4.79 Å². The molecule has 0 aliphatic carbocycles. The molecule has 1 aliphatic rings. The van der Waals surface area contributed by atoms with E-state index >= 15 is 0 Å². The number of fused-ring (bicyclic) bond motifs is 1. The summed E-state index contributed by atoms with van der Waals surface area (Å²) < 4.78 is 25.1. The second-order valence-corrected chi connectivity index (χ2v) is 6.62. The molecule has 7 heteroatoms. The molecule has 2 aromatic heterocycles. The second kappa shape index (κ2) is 3.88. The molecule has 0 saturated carbocycles.